The van der Waals surface area contributed by atoms with Crippen molar-refractivity contribution in [1.82, 2.24) is 10.1 Å². The summed E-state index contributed by atoms with van der Waals surface area (Å²) in [5.74, 6) is 0.650. The Kier molecular flexibility index (Phi) is 4.17. The van der Waals surface area contributed by atoms with E-state index >= 15 is 0 Å². The van der Waals surface area contributed by atoms with Crippen molar-refractivity contribution in [2.45, 2.75) is 26.4 Å². The molecule has 0 saturated carbocycles. The number of anilines is 1. The van der Waals surface area contributed by atoms with Crippen LogP contribution in [0.2, 0.25) is 0 Å². The summed E-state index contributed by atoms with van der Waals surface area (Å²) in [5, 5.41) is 4.83. The van der Waals surface area contributed by atoms with Gasteiger partial charge in [0, 0.05) is 31.7 Å². The molecule has 0 unspecified atom stereocenters. The normalized spacial score (nSPS) is 15.6. The van der Waals surface area contributed by atoms with E-state index in [4.69, 9.17) is 9.26 Å². The van der Waals surface area contributed by atoms with E-state index in [-0.39, 0.29) is 6.09 Å². The first-order valence-corrected chi connectivity index (χ1v) is 7.95. The highest BCUT2D eigenvalue weighted by Gasteiger charge is 2.28. The molecule has 2 heterocycles. The largest absolute Gasteiger partial charge is 0.444 e. The topological polar surface area (TPSA) is 75.9 Å². The van der Waals surface area contributed by atoms with Crippen molar-refractivity contribution in [3.63, 3.8) is 0 Å². The van der Waals surface area contributed by atoms with Crippen molar-refractivity contribution < 1.29 is 18.8 Å². The van der Waals surface area contributed by atoms with Crippen LogP contribution in [0.15, 0.2) is 22.7 Å². The molecule has 0 spiro atoms. The number of hydrogen-bond acceptors (Lipinski definition) is 6. The van der Waals surface area contributed by atoms with Crippen molar-refractivity contribution in [3.8, 4) is 0 Å². The van der Waals surface area contributed by atoms with Gasteiger partial charge in [0.25, 0.3) is 0 Å². The Morgan fingerprint density at radius 2 is 1.96 bits per heavy atom. The van der Waals surface area contributed by atoms with E-state index in [1.54, 1.807) is 23.1 Å². The van der Waals surface area contributed by atoms with Gasteiger partial charge in [-0.05, 0) is 26.8 Å². The fourth-order valence-electron chi connectivity index (χ4n) is 2.74. The standard InChI is InChI=1S/C17H21N3O4/c1-17(2,3)23-16(22)20-9-7-19(8-10-20)15-14-12(11-21)5-4-6-13(14)24-18-15/h4-6,11H,7-10H2,1-3H3. The number of benzene rings is 1. The number of amides is 1. The number of fused-ring (bicyclic) bond motifs is 1. The van der Waals surface area contributed by atoms with Gasteiger partial charge < -0.3 is 19.1 Å². The average molecular weight is 331 g/mol. The second-order valence-corrected chi connectivity index (χ2v) is 6.80. The van der Waals surface area contributed by atoms with Gasteiger partial charge in [0.15, 0.2) is 17.7 Å². The second-order valence-electron chi connectivity index (χ2n) is 6.80. The first kappa shape index (κ1) is 16.3. The molecule has 1 saturated heterocycles. The minimum Gasteiger partial charge on any atom is -0.444 e. The molecule has 1 aromatic heterocycles. The molecular formula is C17H21N3O4. The molecule has 0 N–H and O–H groups in total. The highest BCUT2D eigenvalue weighted by atomic mass is 16.6. The smallest absolute Gasteiger partial charge is 0.410 e. The molecule has 1 aliphatic heterocycles. The summed E-state index contributed by atoms with van der Waals surface area (Å²) in [6.07, 6.45) is 0.501. The van der Waals surface area contributed by atoms with Crippen LogP contribution in [0.3, 0.4) is 0 Å². The number of hydrogen-bond donors (Lipinski definition) is 0. The van der Waals surface area contributed by atoms with E-state index < -0.39 is 5.60 Å². The zero-order valence-electron chi connectivity index (χ0n) is 14.1. The van der Waals surface area contributed by atoms with Gasteiger partial charge in [0.05, 0.1) is 5.39 Å². The Bertz CT molecular complexity index is 755. The Hall–Kier alpha value is -2.57. The molecule has 7 heteroatoms. The highest BCUT2D eigenvalue weighted by molar-refractivity contribution is 6.02. The van der Waals surface area contributed by atoms with Gasteiger partial charge in [0.2, 0.25) is 0 Å². The number of nitrogens with zero attached hydrogens (tertiary/aromatic N) is 3. The maximum absolute atomic E-state index is 12.1. The molecule has 0 radical (unpaired) electrons. The van der Waals surface area contributed by atoms with Crippen LogP contribution < -0.4 is 4.90 Å². The third kappa shape index (κ3) is 3.20. The van der Waals surface area contributed by atoms with Crippen molar-refractivity contribution in [2.24, 2.45) is 0 Å². The Morgan fingerprint density at radius 3 is 2.58 bits per heavy atom. The zero-order chi connectivity index (χ0) is 17.3. The van der Waals surface area contributed by atoms with Gasteiger partial charge in [-0.15, -0.1) is 0 Å². The number of aldehydes is 1. The lowest BCUT2D eigenvalue weighted by Gasteiger charge is -2.35. The quantitative estimate of drug-likeness (QED) is 0.788. The van der Waals surface area contributed by atoms with E-state index in [1.807, 2.05) is 25.7 Å². The number of rotatable bonds is 2. The summed E-state index contributed by atoms with van der Waals surface area (Å²) < 4.78 is 10.7. The number of carbonyl (C=O) groups excluding carboxylic acids is 2. The zero-order valence-corrected chi connectivity index (χ0v) is 14.1. The van der Waals surface area contributed by atoms with Crippen LogP contribution >= 0.6 is 0 Å². The second kappa shape index (κ2) is 6.14. The van der Waals surface area contributed by atoms with Gasteiger partial charge in [-0.25, -0.2) is 4.79 Å². The first-order valence-electron chi connectivity index (χ1n) is 7.95. The average Bonchev–Trinajstić information content (AvgIpc) is 2.97. The molecular weight excluding hydrogens is 310 g/mol. The predicted octanol–water partition coefficient (Wildman–Crippen LogP) is 2.70. The van der Waals surface area contributed by atoms with Crippen LogP contribution in [-0.4, -0.2) is 54.2 Å². The lowest BCUT2D eigenvalue weighted by atomic mass is 10.1. The molecule has 0 atom stereocenters. The molecule has 7 nitrogen and oxygen atoms in total. The Balaban J connectivity index is 1.74. The molecule has 2 aromatic rings. The van der Waals surface area contributed by atoms with Crippen LogP contribution in [0.5, 0.6) is 0 Å². The van der Waals surface area contributed by atoms with Gasteiger partial charge in [-0.2, -0.15) is 0 Å². The number of piperazine rings is 1. The first-order chi connectivity index (χ1) is 11.4. The maximum Gasteiger partial charge on any atom is 0.410 e. The van der Waals surface area contributed by atoms with Crippen LogP contribution in [0.1, 0.15) is 31.1 Å². The molecule has 24 heavy (non-hydrogen) atoms. The molecule has 1 fully saturated rings. The van der Waals surface area contributed by atoms with Crippen LogP contribution in [0.4, 0.5) is 10.6 Å². The minimum atomic E-state index is -0.505. The summed E-state index contributed by atoms with van der Waals surface area (Å²) in [7, 11) is 0. The number of carbonyl (C=O) groups is 2. The number of ether oxygens (including phenoxy) is 1. The van der Waals surface area contributed by atoms with E-state index in [1.165, 1.54) is 0 Å². The lowest BCUT2D eigenvalue weighted by molar-refractivity contribution is 0.0240. The lowest BCUT2D eigenvalue weighted by Crippen LogP contribution is -2.50. The Morgan fingerprint density at radius 1 is 1.25 bits per heavy atom. The molecule has 1 aromatic carbocycles. The summed E-state index contributed by atoms with van der Waals surface area (Å²) >= 11 is 0. The van der Waals surface area contributed by atoms with Crippen molar-refractivity contribution in [2.75, 3.05) is 31.1 Å². The van der Waals surface area contributed by atoms with Crippen LogP contribution in [-0.2, 0) is 4.74 Å². The molecule has 1 aliphatic rings. The van der Waals surface area contributed by atoms with E-state index in [9.17, 15) is 9.59 Å². The minimum absolute atomic E-state index is 0.305. The van der Waals surface area contributed by atoms with Crippen LogP contribution in [0, 0.1) is 0 Å². The monoisotopic (exact) mass is 331 g/mol. The molecule has 3 rings (SSSR count). The predicted molar refractivity (Wildman–Crippen MR) is 89.4 cm³/mol. The van der Waals surface area contributed by atoms with Gasteiger partial charge in [0.1, 0.15) is 5.60 Å². The number of aromatic nitrogens is 1. The van der Waals surface area contributed by atoms with Gasteiger partial charge in [-0.1, -0.05) is 17.3 Å². The van der Waals surface area contributed by atoms with E-state index in [0.29, 0.717) is 43.1 Å². The third-order valence-electron chi connectivity index (χ3n) is 3.87. The van der Waals surface area contributed by atoms with E-state index in [0.717, 1.165) is 11.7 Å². The SMILES string of the molecule is CC(C)(C)OC(=O)N1CCN(c2noc3cccc(C=O)c23)CC1. The highest BCUT2D eigenvalue weighted by Crippen LogP contribution is 2.29. The van der Waals surface area contributed by atoms with E-state index in [2.05, 4.69) is 5.16 Å². The van der Waals surface area contributed by atoms with Crippen LogP contribution in [0.25, 0.3) is 11.0 Å². The summed E-state index contributed by atoms with van der Waals surface area (Å²) in [5.41, 5.74) is 0.637. The summed E-state index contributed by atoms with van der Waals surface area (Å²) in [6, 6.07) is 5.30. The fraction of sp³-hybridized carbons (Fsp3) is 0.471. The van der Waals surface area contributed by atoms with Gasteiger partial charge in [-0.3, -0.25) is 4.79 Å². The fourth-order valence-corrected chi connectivity index (χ4v) is 2.74. The molecule has 0 bridgehead atoms. The van der Waals surface area contributed by atoms with Crippen molar-refractivity contribution in [1.29, 1.82) is 0 Å². The Labute approximate surface area is 140 Å². The van der Waals surface area contributed by atoms with Crippen molar-refractivity contribution >= 4 is 29.2 Å². The maximum atomic E-state index is 12.1. The molecule has 0 aliphatic carbocycles. The third-order valence-corrected chi connectivity index (χ3v) is 3.87. The molecule has 1 amide bonds. The molecule has 128 valence electrons. The van der Waals surface area contributed by atoms with Gasteiger partial charge >= 0.3 is 6.09 Å². The van der Waals surface area contributed by atoms with Crippen molar-refractivity contribution in [3.05, 3.63) is 23.8 Å². The summed E-state index contributed by atoms with van der Waals surface area (Å²) in [4.78, 5) is 27.1. The summed E-state index contributed by atoms with van der Waals surface area (Å²) in [6.45, 7) is 7.83.